The fourth-order valence-electron chi connectivity index (χ4n) is 3.28. The molecule has 0 aliphatic heterocycles. The van der Waals surface area contributed by atoms with E-state index < -0.39 is 10.7 Å². The van der Waals surface area contributed by atoms with Gasteiger partial charge in [0.05, 0.1) is 16.5 Å². The van der Waals surface area contributed by atoms with Gasteiger partial charge in [-0.05, 0) is 30.3 Å². The predicted molar refractivity (Wildman–Crippen MR) is 112 cm³/mol. The van der Waals surface area contributed by atoms with Gasteiger partial charge in [0.2, 0.25) is 5.91 Å². The minimum absolute atomic E-state index is 0.0755. The quantitative estimate of drug-likeness (QED) is 0.427. The highest BCUT2D eigenvalue weighted by Gasteiger charge is 2.16. The molecule has 0 saturated heterocycles. The summed E-state index contributed by atoms with van der Waals surface area (Å²) in [5, 5.41) is 13.7. The van der Waals surface area contributed by atoms with Crippen LogP contribution < -0.4 is 11.1 Å². The number of nitro groups is 1. The Morgan fingerprint density at radius 1 is 1.17 bits per heavy atom. The summed E-state index contributed by atoms with van der Waals surface area (Å²) in [6, 6.07) is 11.8. The number of nitrogens with zero attached hydrogens (tertiary/aromatic N) is 3. The fourth-order valence-corrected chi connectivity index (χ4v) is 3.28. The maximum Gasteiger partial charge on any atom is 0.420 e. The van der Waals surface area contributed by atoms with Gasteiger partial charge in [0.25, 0.3) is 5.69 Å². The number of non-ortho nitro benzene ring substituents is 1. The Morgan fingerprint density at radius 2 is 1.87 bits per heavy atom. The van der Waals surface area contributed by atoms with Gasteiger partial charge in [-0.3, -0.25) is 24.4 Å². The zero-order valence-corrected chi connectivity index (χ0v) is 17.0. The van der Waals surface area contributed by atoms with Crippen LogP contribution in [0.4, 0.5) is 5.69 Å². The van der Waals surface area contributed by atoms with Gasteiger partial charge in [0, 0.05) is 19.2 Å². The average Bonchev–Trinajstić information content (AvgIpc) is 3.05. The summed E-state index contributed by atoms with van der Waals surface area (Å²) in [5.74, 6) is -1.08. The predicted octanol–water partition coefficient (Wildman–Crippen LogP) is 2.66. The van der Waals surface area contributed by atoms with Crippen molar-refractivity contribution in [3.8, 4) is 0 Å². The summed E-state index contributed by atoms with van der Waals surface area (Å²) >= 11 is 0. The Kier molecular flexibility index (Phi) is 6.63. The number of fused-ring (bicyclic) bond motifs is 1. The Labute approximate surface area is 173 Å². The SMILES string of the molecule is CCN(CC)Cc1ccccc1CNC(=O)Cn1c(=O)oc2cc([N+](=O)[O-])ccc21. The van der Waals surface area contributed by atoms with Crippen LogP contribution in [0.15, 0.2) is 51.7 Å². The smallest absolute Gasteiger partial charge is 0.407 e. The first-order chi connectivity index (χ1) is 14.4. The third-order valence-electron chi connectivity index (χ3n) is 5.05. The lowest BCUT2D eigenvalue weighted by molar-refractivity contribution is -0.384. The Bertz CT molecular complexity index is 1110. The lowest BCUT2D eigenvalue weighted by atomic mass is 10.1. The molecular weight excluding hydrogens is 388 g/mol. The minimum atomic E-state index is -0.734. The van der Waals surface area contributed by atoms with Crippen molar-refractivity contribution in [2.75, 3.05) is 13.1 Å². The normalized spacial score (nSPS) is 11.2. The molecule has 9 heteroatoms. The number of carbonyl (C=O) groups excluding carboxylic acids is 1. The number of aromatic nitrogens is 1. The molecule has 158 valence electrons. The standard InChI is InChI=1S/C21H24N4O5/c1-3-23(4-2)13-16-8-6-5-7-15(16)12-22-20(26)14-24-18-10-9-17(25(28)29)11-19(18)30-21(24)27/h5-11H,3-4,12-14H2,1-2H3,(H,22,26). The molecule has 0 radical (unpaired) electrons. The van der Waals surface area contributed by atoms with E-state index in [2.05, 4.69) is 24.1 Å². The van der Waals surface area contributed by atoms with E-state index in [0.29, 0.717) is 12.1 Å². The van der Waals surface area contributed by atoms with Crippen molar-refractivity contribution in [3.63, 3.8) is 0 Å². The summed E-state index contributed by atoms with van der Waals surface area (Å²) in [4.78, 5) is 37.2. The zero-order chi connectivity index (χ0) is 21.7. The van der Waals surface area contributed by atoms with Crippen LogP contribution in [0.1, 0.15) is 25.0 Å². The lowest BCUT2D eigenvalue weighted by Gasteiger charge is -2.20. The molecule has 1 N–H and O–H groups in total. The lowest BCUT2D eigenvalue weighted by Crippen LogP contribution is -2.31. The summed E-state index contributed by atoms with van der Waals surface area (Å²) in [7, 11) is 0. The van der Waals surface area contributed by atoms with Crippen molar-refractivity contribution < 1.29 is 14.1 Å². The topological polar surface area (TPSA) is 111 Å². The van der Waals surface area contributed by atoms with Gasteiger partial charge in [-0.2, -0.15) is 0 Å². The number of benzene rings is 2. The highest BCUT2D eigenvalue weighted by molar-refractivity contribution is 5.80. The van der Waals surface area contributed by atoms with Gasteiger partial charge >= 0.3 is 5.76 Å². The van der Waals surface area contributed by atoms with Crippen molar-refractivity contribution in [2.24, 2.45) is 0 Å². The molecule has 0 aliphatic carbocycles. The molecule has 0 aliphatic rings. The average molecular weight is 412 g/mol. The van der Waals surface area contributed by atoms with E-state index in [9.17, 15) is 19.7 Å². The molecule has 0 saturated carbocycles. The molecule has 3 rings (SSSR count). The molecule has 0 fully saturated rings. The molecule has 0 atom stereocenters. The highest BCUT2D eigenvalue weighted by atomic mass is 16.6. The molecule has 30 heavy (non-hydrogen) atoms. The fraction of sp³-hybridized carbons (Fsp3) is 0.333. The summed E-state index contributed by atoms with van der Waals surface area (Å²) < 4.78 is 6.22. The Hall–Kier alpha value is -3.46. The van der Waals surface area contributed by atoms with Crippen LogP contribution in [-0.2, 0) is 24.4 Å². The van der Waals surface area contributed by atoms with Crippen LogP contribution in [0.25, 0.3) is 11.1 Å². The number of hydrogen-bond donors (Lipinski definition) is 1. The second kappa shape index (κ2) is 9.36. The first kappa shape index (κ1) is 21.3. The van der Waals surface area contributed by atoms with Gasteiger partial charge in [0.1, 0.15) is 6.54 Å². The van der Waals surface area contributed by atoms with Crippen molar-refractivity contribution in [1.29, 1.82) is 0 Å². The molecule has 2 aromatic carbocycles. The number of nitrogens with one attached hydrogen (secondary N) is 1. The zero-order valence-electron chi connectivity index (χ0n) is 17.0. The maximum atomic E-state index is 12.5. The highest BCUT2D eigenvalue weighted by Crippen LogP contribution is 2.20. The van der Waals surface area contributed by atoms with Gasteiger partial charge in [-0.1, -0.05) is 38.1 Å². The van der Waals surface area contributed by atoms with Gasteiger partial charge < -0.3 is 9.73 Å². The monoisotopic (exact) mass is 412 g/mol. The molecule has 1 amide bonds. The molecule has 1 aromatic heterocycles. The van der Waals surface area contributed by atoms with Gasteiger partial charge in [-0.15, -0.1) is 0 Å². The van der Waals surface area contributed by atoms with Crippen molar-refractivity contribution in [1.82, 2.24) is 14.8 Å². The molecule has 3 aromatic rings. The van der Waals surface area contributed by atoms with Crippen molar-refractivity contribution >= 4 is 22.7 Å². The van der Waals surface area contributed by atoms with E-state index in [1.807, 2.05) is 24.3 Å². The van der Waals surface area contributed by atoms with E-state index in [-0.39, 0.29) is 23.7 Å². The number of rotatable bonds is 9. The van der Waals surface area contributed by atoms with Crippen LogP contribution in [0.2, 0.25) is 0 Å². The summed E-state index contributed by atoms with van der Waals surface area (Å²) in [6.07, 6.45) is 0. The van der Waals surface area contributed by atoms with Crippen molar-refractivity contribution in [2.45, 2.75) is 33.5 Å². The molecule has 9 nitrogen and oxygen atoms in total. The number of oxazole rings is 1. The van der Waals surface area contributed by atoms with Crippen LogP contribution in [0.5, 0.6) is 0 Å². The van der Waals surface area contributed by atoms with E-state index in [1.54, 1.807) is 0 Å². The number of carbonyl (C=O) groups is 1. The second-order valence-corrected chi connectivity index (χ2v) is 6.87. The van der Waals surface area contributed by atoms with Crippen LogP contribution in [0, 0.1) is 10.1 Å². The van der Waals surface area contributed by atoms with E-state index >= 15 is 0 Å². The first-order valence-corrected chi connectivity index (χ1v) is 9.76. The van der Waals surface area contributed by atoms with E-state index in [4.69, 9.17) is 4.42 Å². The second-order valence-electron chi connectivity index (χ2n) is 6.87. The largest absolute Gasteiger partial charge is 0.420 e. The number of hydrogen-bond acceptors (Lipinski definition) is 6. The molecule has 0 spiro atoms. The van der Waals surface area contributed by atoms with Crippen LogP contribution >= 0.6 is 0 Å². The molecule has 0 bridgehead atoms. The number of amides is 1. The third kappa shape index (κ3) is 4.74. The van der Waals surface area contributed by atoms with Crippen LogP contribution in [-0.4, -0.2) is 33.4 Å². The molecular formula is C21H24N4O5. The van der Waals surface area contributed by atoms with E-state index in [0.717, 1.165) is 35.3 Å². The summed E-state index contributed by atoms with van der Waals surface area (Å²) in [5.41, 5.74) is 2.38. The maximum absolute atomic E-state index is 12.5. The minimum Gasteiger partial charge on any atom is -0.407 e. The first-order valence-electron chi connectivity index (χ1n) is 9.76. The third-order valence-corrected chi connectivity index (χ3v) is 5.05. The summed E-state index contributed by atoms with van der Waals surface area (Å²) in [6.45, 7) is 6.99. The molecule has 0 unspecified atom stereocenters. The van der Waals surface area contributed by atoms with Gasteiger partial charge in [-0.25, -0.2) is 4.79 Å². The Balaban J connectivity index is 1.71. The van der Waals surface area contributed by atoms with Crippen LogP contribution in [0.3, 0.4) is 0 Å². The van der Waals surface area contributed by atoms with Gasteiger partial charge in [0.15, 0.2) is 5.58 Å². The molecule has 1 heterocycles. The Morgan fingerprint density at radius 3 is 2.53 bits per heavy atom. The number of nitro benzene ring substituents is 1. The van der Waals surface area contributed by atoms with E-state index in [1.165, 1.54) is 18.2 Å². The van der Waals surface area contributed by atoms with Crippen molar-refractivity contribution in [3.05, 3.63) is 74.3 Å².